The van der Waals surface area contributed by atoms with Crippen LogP contribution in [0, 0.1) is 46.8 Å². The Labute approximate surface area is 270 Å². The molecule has 4 aliphatic rings. The first kappa shape index (κ1) is 32.5. The Morgan fingerprint density at radius 1 is 0.894 bits per heavy atom. The van der Waals surface area contributed by atoms with Gasteiger partial charge in [0, 0.05) is 23.6 Å². The van der Waals surface area contributed by atoms with Crippen molar-refractivity contribution in [1.82, 2.24) is 4.90 Å². The zero-order valence-corrected chi connectivity index (χ0v) is 25.4. The van der Waals surface area contributed by atoms with Gasteiger partial charge in [-0.05, 0) is 18.8 Å². The fraction of sp³-hybridized carbons (Fsp3) is 0.345. The molecule has 0 radical (unpaired) electrons. The average Bonchev–Trinajstić information content (AvgIpc) is 3.37. The van der Waals surface area contributed by atoms with Gasteiger partial charge in [0.25, 0.3) is 11.8 Å². The topological polar surface area (TPSA) is 157 Å². The number of allylic oxidation sites excluding steroid dienone is 2. The molecule has 2 aromatic carbocycles. The van der Waals surface area contributed by atoms with Crippen molar-refractivity contribution < 1.29 is 60.5 Å². The van der Waals surface area contributed by atoms with Crippen LogP contribution in [0.15, 0.2) is 23.8 Å². The second-order valence-corrected chi connectivity index (χ2v) is 12.5. The highest BCUT2D eigenvalue weighted by molar-refractivity contribution is 6.58. The highest BCUT2D eigenvalue weighted by Crippen LogP contribution is 2.67. The zero-order valence-electron chi connectivity index (χ0n) is 23.9. The number of hydrogen-bond acceptors (Lipinski definition) is 8. The standard InChI is InChI=1S/C29H20Cl2F5N3O8/c1-46-12-5-8(40)6-13(47-2)15(12)16-9-3-4-10-14(24(42)39(23(10)41)27(37)45)11(9)7-28(30)25(43)38(26(44)29(16,28)31)22-20(35)18(33)17(32)19(34)21(22)36/h3,5-6,10-11,14,16,40H,4,7H2,1-2H3,(H2,37,45)/t10-,11+,14-,16+,28+,29-/m0/s1. The van der Waals surface area contributed by atoms with Crippen molar-refractivity contribution in [3.8, 4) is 17.2 Å². The van der Waals surface area contributed by atoms with Crippen LogP contribution in [0.2, 0.25) is 0 Å². The van der Waals surface area contributed by atoms with E-state index in [1.807, 2.05) is 0 Å². The molecule has 6 amide bonds. The minimum atomic E-state index is -2.87. The number of anilines is 1. The first-order valence-electron chi connectivity index (χ1n) is 13.6. The van der Waals surface area contributed by atoms with E-state index in [0.717, 1.165) is 26.4 Å². The first-order valence-corrected chi connectivity index (χ1v) is 14.3. The van der Waals surface area contributed by atoms with Gasteiger partial charge in [0.1, 0.15) is 22.9 Å². The lowest BCUT2D eigenvalue weighted by Crippen LogP contribution is -2.60. The van der Waals surface area contributed by atoms with E-state index in [0.29, 0.717) is 0 Å². The van der Waals surface area contributed by atoms with E-state index >= 15 is 8.78 Å². The molecule has 0 aromatic heterocycles. The summed E-state index contributed by atoms with van der Waals surface area (Å²) < 4.78 is 83.9. The lowest BCUT2D eigenvalue weighted by Gasteiger charge is -2.51. The number of halogens is 7. The number of hydrogen-bond donors (Lipinski definition) is 2. The summed E-state index contributed by atoms with van der Waals surface area (Å²) in [5, 5.41) is 10.3. The maximum atomic E-state index is 15.2. The average molecular weight is 704 g/mol. The zero-order chi connectivity index (χ0) is 34.7. The van der Waals surface area contributed by atoms with E-state index < -0.39 is 110 Å². The number of imide groups is 4. The van der Waals surface area contributed by atoms with Gasteiger partial charge in [0.2, 0.25) is 17.6 Å². The van der Waals surface area contributed by atoms with Crippen LogP contribution in [0.3, 0.4) is 0 Å². The molecule has 3 fully saturated rings. The molecule has 18 heteroatoms. The molecule has 248 valence electrons. The fourth-order valence-electron chi connectivity index (χ4n) is 7.31. The van der Waals surface area contributed by atoms with Gasteiger partial charge in [-0.2, -0.15) is 4.90 Å². The van der Waals surface area contributed by atoms with Crippen molar-refractivity contribution in [1.29, 1.82) is 0 Å². The smallest absolute Gasteiger partial charge is 0.328 e. The number of nitrogens with two attached hydrogens (primary N) is 1. The number of nitrogens with zero attached hydrogens (tertiary/aromatic N) is 2. The summed E-state index contributed by atoms with van der Waals surface area (Å²) in [7, 11) is 2.29. The number of alkyl halides is 2. The summed E-state index contributed by atoms with van der Waals surface area (Å²) in [6.07, 6.45) is 0.375. The number of aromatic hydroxyl groups is 1. The molecule has 2 aliphatic heterocycles. The number of ether oxygens (including phenoxy) is 2. The molecule has 0 unspecified atom stereocenters. The van der Waals surface area contributed by atoms with Crippen LogP contribution < -0.4 is 20.1 Å². The van der Waals surface area contributed by atoms with Gasteiger partial charge >= 0.3 is 6.03 Å². The molecule has 0 bridgehead atoms. The van der Waals surface area contributed by atoms with Crippen LogP contribution in [0.25, 0.3) is 0 Å². The van der Waals surface area contributed by atoms with Crippen LogP contribution >= 0.6 is 23.2 Å². The van der Waals surface area contributed by atoms with E-state index in [-0.39, 0.29) is 38.9 Å². The van der Waals surface area contributed by atoms with Gasteiger partial charge in [-0.3, -0.25) is 19.2 Å². The maximum Gasteiger partial charge on any atom is 0.328 e. The second kappa shape index (κ2) is 10.5. The number of urea groups is 1. The quantitative estimate of drug-likeness (QED) is 0.122. The molecule has 2 aromatic rings. The highest BCUT2D eigenvalue weighted by atomic mass is 35.5. The molecule has 47 heavy (non-hydrogen) atoms. The molecule has 11 nitrogen and oxygen atoms in total. The van der Waals surface area contributed by atoms with Crippen LogP contribution in [0.4, 0.5) is 32.4 Å². The summed E-state index contributed by atoms with van der Waals surface area (Å²) in [6.45, 7) is 0. The van der Waals surface area contributed by atoms with Crippen LogP contribution in [0.1, 0.15) is 24.3 Å². The number of carbonyl (C=O) groups excluding carboxylic acids is 5. The highest BCUT2D eigenvalue weighted by Gasteiger charge is 2.77. The Morgan fingerprint density at radius 3 is 1.94 bits per heavy atom. The summed E-state index contributed by atoms with van der Waals surface area (Å²) in [4.78, 5) is 61.4. The van der Waals surface area contributed by atoms with E-state index in [9.17, 15) is 42.3 Å². The van der Waals surface area contributed by atoms with Crippen LogP contribution in [0.5, 0.6) is 17.2 Å². The summed E-state index contributed by atoms with van der Waals surface area (Å²) in [5.41, 5.74) is 3.23. The predicted octanol–water partition coefficient (Wildman–Crippen LogP) is 3.75. The van der Waals surface area contributed by atoms with Gasteiger partial charge in [-0.1, -0.05) is 11.6 Å². The normalized spacial score (nSPS) is 29.9. The first-order chi connectivity index (χ1) is 22.0. The van der Waals surface area contributed by atoms with Gasteiger partial charge in [-0.15, -0.1) is 23.2 Å². The van der Waals surface area contributed by atoms with Crippen LogP contribution in [-0.2, 0) is 19.2 Å². The Kier molecular flexibility index (Phi) is 7.28. The number of likely N-dealkylation sites (tertiary alicyclic amines) is 1. The minimum Gasteiger partial charge on any atom is -0.508 e. The number of primary amides is 1. The Morgan fingerprint density at radius 2 is 1.43 bits per heavy atom. The van der Waals surface area contributed by atoms with Crippen molar-refractivity contribution in [2.45, 2.75) is 28.5 Å². The third-order valence-corrected chi connectivity index (χ3v) is 10.7. The van der Waals surface area contributed by atoms with E-state index in [2.05, 4.69) is 0 Å². The lowest BCUT2D eigenvalue weighted by molar-refractivity contribution is -0.136. The Balaban J connectivity index is 1.67. The predicted molar refractivity (Wildman–Crippen MR) is 149 cm³/mol. The largest absolute Gasteiger partial charge is 0.508 e. The van der Waals surface area contributed by atoms with E-state index in [1.165, 1.54) is 6.08 Å². The number of carbonyl (C=O) groups is 5. The molecular weight excluding hydrogens is 684 g/mol. The van der Waals surface area contributed by atoms with Gasteiger partial charge in [0.15, 0.2) is 33.0 Å². The van der Waals surface area contributed by atoms with Gasteiger partial charge in [-0.25, -0.2) is 31.6 Å². The monoisotopic (exact) mass is 703 g/mol. The summed E-state index contributed by atoms with van der Waals surface area (Å²) >= 11 is 14.1. The molecule has 1 saturated carbocycles. The molecule has 0 spiro atoms. The number of methoxy groups -OCH3 is 2. The second-order valence-electron chi connectivity index (χ2n) is 11.3. The van der Waals surface area contributed by atoms with Crippen molar-refractivity contribution in [3.05, 3.63) is 58.4 Å². The molecule has 3 N–H and O–H groups in total. The number of phenolic OH excluding ortho intramolecular Hbond substituents is 1. The fourth-order valence-corrected chi connectivity index (χ4v) is 8.23. The van der Waals surface area contributed by atoms with Gasteiger partial charge < -0.3 is 20.3 Å². The van der Waals surface area contributed by atoms with Crippen LogP contribution in [-0.4, -0.2) is 63.6 Å². The molecule has 2 aliphatic carbocycles. The maximum absolute atomic E-state index is 15.2. The third kappa shape index (κ3) is 3.94. The van der Waals surface area contributed by atoms with E-state index in [1.54, 1.807) is 0 Å². The number of fused-ring (bicyclic) bond motifs is 4. The minimum absolute atomic E-state index is 0.0627. The number of phenols is 1. The lowest BCUT2D eigenvalue weighted by atomic mass is 9.56. The Hall–Kier alpha value is -4.44. The summed E-state index contributed by atoms with van der Waals surface area (Å²) in [6, 6.07) is 0.736. The SMILES string of the molecule is COc1cc(O)cc(OC)c1[C@H]1C2=CC[C@@H]3C(=O)N(C(N)=O)C(=O)[C@@H]3[C@@H]2C[C@@]2(Cl)C(=O)N(c3c(F)c(F)c(F)c(F)c3F)C(=O)[C@@]12Cl. The molecule has 6 atom stereocenters. The van der Waals surface area contributed by atoms with Crippen molar-refractivity contribution >= 4 is 58.5 Å². The molecule has 6 rings (SSSR count). The van der Waals surface area contributed by atoms with Crippen molar-refractivity contribution in [3.63, 3.8) is 0 Å². The number of benzene rings is 2. The van der Waals surface area contributed by atoms with E-state index in [4.69, 9.17) is 38.4 Å². The molecule has 2 heterocycles. The third-order valence-electron chi connectivity index (χ3n) is 9.26. The van der Waals surface area contributed by atoms with Crippen molar-refractivity contribution in [2.75, 3.05) is 19.1 Å². The molecular formula is C29H20Cl2F5N3O8. The number of rotatable bonds is 4. The van der Waals surface area contributed by atoms with Crippen molar-refractivity contribution in [2.24, 2.45) is 23.5 Å². The summed E-state index contributed by atoms with van der Waals surface area (Å²) in [5.74, 6) is -24.6. The number of amides is 6. The molecule has 2 saturated heterocycles. The Bertz CT molecular complexity index is 1840. The van der Waals surface area contributed by atoms with Gasteiger partial charge in [0.05, 0.1) is 26.1 Å².